The van der Waals surface area contributed by atoms with Crippen molar-refractivity contribution in [2.45, 2.75) is 38.6 Å². The zero-order valence-electron chi connectivity index (χ0n) is 11.9. The van der Waals surface area contributed by atoms with E-state index in [0.717, 1.165) is 5.57 Å². The third-order valence-corrected chi connectivity index (χ3v) is 2.67. The van der Waals surface area contributed by atoms with Gasteiger partial charge in [-0.15, -0.1) is 5.73 Å². The lowest BCUT2D eigenvalue weighted by Crippen LogP contribution is -2.04. The summed E-state index contributed by atoms with van der Waals surface area (Å²) < 4.78 is 10.3. The normalized spacial score (nSPS) is 13.7. The monoisotopic (exact) mass is 282 g/mol. The Hall–Kier alpha value is -1.36. The maximum absolute atomic E-state index is 9.92. The molecule has 5 nitrogen and oxygen atoms in total. The van der Waals surface area contributed by atoms with Gasteiger partial charge in [-0.1, -0.05) is 0 Å². The minimum absolute atomic E-state index is 0.186. The van der Waals surface area contributed by atoms with E-state index in [2.05, 4.69) is 5.73 Å². The van der Waals surface area contributed by atoms with Crippen LogP contribution in [0, 0.1) is 0 Å². The van der Waals surface area contributed by atoms with Crippen LogP contribution in [0.3, 0.4) is 0 Å². The second-order valence-electron chi connectivity index (χ2n) is 4.65. The van der Waals surface area contributed by atoms with Gasteiger partial charge in [0.15, 0.2) is 0 Å². The van der Waals surface area contributed by atoms with Gasteiger partial charge in [0.2, 0.25) is 0 Å². The Bertz CT molecular complexity index is 455. The molecule has 0 fully saturated rings. The van der Waals surface area contributed by atoms with Crippen LogP contribution in [0.1, 0.15) is 37.4 Å². The fourth-order valence-corrected chi connectivity index (χ4v) is 1.78. The summed E-state index contributed by atoms with van der Waals surface area (Å²) in [7, 11) is 1.58. The van der Waals surface area contributed by atoms with Gasteiger partial charge in [0, 0.05) is 20.0 Å². The number of hydrogen-bond acceptors (Lipinski definition) is 5. The van der Waals surface area contributed by atoms with Crippen molar-refractivity contribution in [1.29, 1.82) is 0 Å². The van der Waals surface area contributed by atoms with Crippen molar-refractivity contribution in [2.75, 3.05) is 13.7 Å². The summed E-state index contributed by atoms with van der Waals surface area (Å²) in [5, 5.41) is 28.2. The molecule has 1 aromatic rings. The minimum atomic E-state index is -0.779. The molecular formula is C15H22O5. The van der Waals surface area contributed by atoms with Crippen LogP contribution in [-0.2, 0) is 11.3 Å². The van der Waals surface area contributed by atoms with E-state index >= 15 is 0 Å². The highest BCUT2D eigenvalue weighted by atomic mass is 16.5. The van der Waals surface area contributed by atoms with E-state index in [1.807, 2.05) is 0 Å². The van der Waals surface area contributed by atoms with Gasteiger partial charge in [0.1, 0.15) is 24.2 Å². The fourth-order valence-electron chi connectivity index (χ4n) is 1.78. The molecule has 0 spiro atoms. The van der Waals surface area contributed by atoms with E-state index in [0.29, 0.717) is 31.0 Å². The van der Waals surface area contributed by atoms with Crippen LogP contribution in [0.2, 0.25) is 0 Å². The summed E-state index contributed by atoms with van der Waals surface area (Å²) in [6, 6.07) is 3.27. The second-order valence-corrected chi connectivity index (χ2v) is 4.65. The summed E-state index contributed by atoms with van der Waals surface area (Å²) in [5.74, 6) is 0.837. The molecule has 20 heavy (non-hydrogen) atoms. The third kappa shape index (κ3) is 5.74. The predicted octanol–water partition coefficient (Wildman–Crippen LogP) is 1.69. The average molecular weight is 282 g/mol. The number of aliphatic hydroxyl groups excluding tert-OH is 3. The van der Waals surface area contributed by atoms with Gasteiger partial charge < -0.3 is 24.5 Å². The van der Waals surface area contributed by atoms with Crippen molar-refractivity contribution in [3.63, 3.8) is 0 Å². The number of methoxy groups -OCH3 is 1. The van der Waals surface area contributed by atoms with Crippen LogP contribution in [0.5, 0.6) is 0 Å². The van der Waals surface area contributed by atoms with E-state index in [1.165, 1.54) is 0 Å². The summed E-state index contributed by atoms with van der Waals surface area (Å²) in [5.41, 5.74) is 3.87. The summed E-state index contributed by atoms with van der Waals surface area (Å²) in [6.45, 7) is 1.91. The molecule has 0 bridgehead atoms. The minimum Gasteiger partial charge on any atom is -0.461 e. The molecule has 1 rings (SSSR count). The first kappa shape index (κ1) is 16.7. The Balaban J connectivity index is 2.63. The van der Waals surface area contributed by atoms with Crippen molar-refractivity contribution in [3.8, 4) is 0 Å². The topological polar surface area (TPSA) is 83.1 Å². The van der Waals surface area contributed by atoms with Gasteiger partial charge in [-0.3, -0.25) is 0 Å². The molecule has 0 saturated carbocycles. The molecule has 3 N–H and O–H groups in total. The molecule has 0 aliphatic carbocycles. The summed E-state index contributed by atoms with van der Waals surface area (Å²) in [6.07, 6.45) is 1.28. The number of furan rings is 1. The highest BCUT2D eigenvalue weighted by Gasteiger charge is 2.10. The van der Waals surface area contributed by atoms with Gasteiger partial charge in [-0.05, 0) is 30.7 Å². The molecule has 5 heteroatoms. The number of rotatable bonds is 8. The van der Waals surface area contributed by atoms with E-state index in [4.69, 9.17) is 14.3 Å². The van der Waals surface area contributed by atoms with Gasteiger partial charge in [-0.25, -0.2) is 0 Å². The Morgan fingerprint density at radius 1 is 1.45 bits per heavy atom. The van der Waals surface area contributed by atoms with Crippen molar-refractivity contribution in [1.82, 2.24) is 0 Å². The van der Waals surface area contributed by atoms with E-state index in [1.54, 1.807) is 32.2 Å². The number of aliphatic hydroxyl groups is 3. The molecule has 0 radical (unpaired) electrons. The molecule has 1 heterocycles. The molecule has 1 aromatic heterocycles. The maximum atomic E-state index is 9.92. The highest BCUT2D eigenvalue weighted by molar-refractivity contribution is 5.10. The molecule has 0 aromatic carbocycles. The lowest BCUT2D eigenvalue weighted by atomic mass is 10.1. The smallest absolute Gasteiger partial charge is 0.133 e. The molecule has 112 valence electrons. The zero-order chi connectivity index (χ0) is 15.0. The standard InChI is InChI=1S/C15H22O5/c1-11(17)8-12(10-19-2)4-3-5-14(18)15-7-6-13(9-16)20-15/h3,6-7,11,14,16-18H,5,8-10H2,1-2H3/t4?,11-,14+/m0/s1. The maximum Gasteiger partial charge on any atom is 0.133 e. The van der Waals surface area contributed by atoms with Gasteiger partial charge in [0.05, 0.1) is 12.7 Å². The van der Waals surface area contributed by atoms with Gasteiger partial charge in [0.25, 0.3) is 0 Å². The number of hydrogen-bond donors (Lipinski definition) is 3. The van der Waals surface area contributed by atoms with Crippen LogP contribution in [-0.4, -0.2) is 35.1 Å². The van der Waals surface area contributed by atoms with E-state index < -0.39 is 12.2 Å². The molecular weight excluding hydrogens is 260 g/mol. The molecule has 2 atom stereocenters. The summed E-state index contributed by atoms with van der Waals surface area (Å²) in [4.78, 5) is 0. The largest absolute Gasteiger partial charge is 0.461 e. The second kappa shape index (κ2) is 8.74. The Labute approximate surface area is 118 Å². The van der Waals surface area contributed by atoms with Crippen LogP contribution in [0.4, 0.5) is 0 Å². The molecule has 0 amide bonds. The Morgan fingerprint density at radius 3 is 2.75 bits per heavy atom. The van der Waals surface area contributed by atoms with Crippen LogP contribution in [0.25, 0.3) is 0 Å². The molecule has 0 aliphatic rings. The van der Waals surface area contributed by atoms with E-state index in [9.17, 15) is 10.2 Å². The van der Waals surface area contributed by atoms with Crippen molar-refractivity contribution >= 4 is 0 Å². The third-order valence-electron chi connectivity index (χ3n) is 2.67. The Morgan fingerprint density at radius 2 is 2.20 bits per heavy atom. The predicted molar refractivity (Wildman–Crippen MR) is 74.0 cm³/mol. The quantitative estimate of drug-likeness (QED) is 0.632. The van der Waals surface area contributed by atoms with Gasteiger partial charge in [-0.2, -0.15) is 0 Å². The lowest BCUT2D eigenvalue weighted by molar-refractivity contribution is 0.145. The van der Waals surface area contributed by atoms with Crippen LogP contribution >= 0.6 is 0 Å². The average Bonchev–Trinajstić information content (AvgIpc) is 2.87. The first-order valence-electron chi connectivity index (χ1n) is 6.54. The molecule has 0 saturated heterocycles. The molecule has 0 aliphatic heterocycles. The van der Waals surface area contributed by atoms with Crippen molar-refractivity contribution < 1.29 is 24.5 Å². The SMILES string of the molecule is COCC(=C=CC[C@@H](O)c1ccc(CO)o1)C[C@H](C)O. The van der Waals surface area contributed by atoms with Gasteiger partial charge >= 0.3 is 0 Å². The zero-order valence-corrected chi connectivity index (χ0v) is 11.9. The molecule has 0 unspecified atom stereocenters. The fraction of sp³-hybridized carbons (Fsp3) is 0.533. The Kier molecular flexibility index (Phi) is 7.30. The lowest BCUT2D eigenvalue weighted by Gasteiger charge is -2.06. The van der Waals surface area contributed by atoms with Crippen molar-refractivity contribution in [3.05, 3.63) is 41.0 Å². The number of ether oxygens (including phenoxy) is 1. The summed E-state index contributed by atoms with van der Waals surface area (Å²) >= 11 is 0. The highest BCUT2D eigenvalue weighted by Crippen LogP contribution is 2.20. The van der Waals surface area contributed by atoms with E-state index in [-0.39, 0.29) is 6.61 Å². The first-order valence-corrected chi connectivity index (χ1v) is 6.54. The van der Waals surface area contributed by atoms with Crippen LogP contribution < -0.4 is 0 Å². The van der Waals surface area contributed by atoms with Crippen molar-refractivity contribution in [2.24, 2.45) is 0 Å². The van der Waals surface area contributed by atoms with Crippen LogP contribution in [0.15, 0.2) is 33.9 Å². The first-order chi connectivity index (χ1) is 9.56.